The molecule has 0 bridgehead atoms. The number of carbonyl (C=O) groups excluding carboxylic acids is 1. The second-order valence-electron chi connectivity index (χ2n) is 4.94. The van der Waals surface area contributed by atoms with Crippen molar-refractivity contribution in [2.45, 2.75) is 32.3 Å². The van der Waals surface area contributed by atoms with Gasteiger partial charge in [0.15, 0.2) is 0 Å². The van der Waals surface area contributed by atoms with Crippen LogP contribution in [0.5, 0.6) is 5.75 Å². The maximum absolute atomic E-state index is 13.7. The van der Waals surface area contributed by atoms with Gasteiger partial charge in [0, 0.05) is 6.07 Å². The average Bonchev–Trinajstić information content (AvgIpc) is 2.80. The van der Waals surface area contributed by atoms with E-state index in [1.165, 1.54) is 13.2 Å². The van der Waals surface area contributed by atoms with E-state index in [0.717, 1.165) is 25.3 Å². The van der Waals surface area contributed by atoms with Crippen LogP contribution in [-0.2, 0) is 4.74 Å². The maximum Gasteiger partial charge on any atom is 0.411 e. The van der Waals surface area contributed by atoms with Gasteiger partial charge in [0.1, 0.15) is 17.7 Å². The van der Waals surface area contributed by atoms with E-state index in [-0.39, 0.29) is 16.8 Å². The minimum absolute atomic E-state index is 0.0121. The van der Waals surface area contributed by atoms with Gasteiger partial charge in [-0.05, 0) is 31.2 Å². The molecule has 0 heterocycles. The number of benzene rings is 1. The molecule has 0 radical (unpaired) electrons. The van der Waals surface area contributed by atoms with Crippen molar-refractivity contribution < 1.29 is 18.7 Å². The van der Waals surface area contributed by atoms with E-state index in [0.29, 0.717) is 11.7 Å². The largest absolute Gasteiger partial charge is 0.489 e. The number of rotatable bonds is 3. The molecule has 0 aromatic heterocycles. The molecule has 1 amide bonds. The predicted molar refractivity (Wildman–Crippen MR) is 74.9 cm³/mol. The highest BCUT2D eigenvalue weighted by atomic mass is 35.5. The number of nitrogens with one attached hydrogen (secondary N) is 1. The minimum Gasteiger partial charge on any atom is -0.489 e. The van der Waals surface area contributed by atoms with Crippen LogP contribution in [0.3, 0.4) is 0 Å². The number of amides is 1. The number of carbonyl (C=O) groups is 1. The van der Waals surface area contributed by atoms with Gasteiger partial charge in [-0.3, -0.25) is 5.32 Å². The summed E-state index contributed by atoms with van der Waals surface area (Å²) >= 11 is 5.99. The summed E-state index contributed by atoms with van der Waals surface area (Å²) in [5.74, 6) is 0.179. The Morgan fingerprint density at radius 2 is 2.20 bits per heavy atom. The van der Waals surface area contributed by atoms with Crippen molar-refractivity contribution in [3.63, 3.8) is 0 Å². The van der Waals surface area contributed by atoms with E-state index in [1.807, 2.05) is 0 Å². The summed E-state index contributed by atoms with van der Waals surface area (Å²) in [5, 5.41) is 2.48. The maximum atomic E-state index is 13.7. The van der Waals surface area contributed by atoms with Gasteiger partial charge in [0.05, 0.1) is 17.8 Å². The van der Waals surface area contributed by atoms with E-state index in [2.05, 4.69) is 17.0 Å². The van der Waals surface area contributed by atoms with Crippen molar-refractivity contribution in [3.8, 4) is 5.75 Å². The average molecular weight is 302 g/mol. The van der Waals surface area contributed by atoms with Gasteiger partial charge in [-0.2, -0.15) is 0 Å². The molecule has 1 aliphatic carbocycles. The molecule has 1 N–H and O–H groups in total. The number of hydrogen-bond acceptors (Lipinski definition) is 3. The lowest BCUT2D eigenvalue weighted by Gasteiger charge is -2.19. The van der Waals surface area contributed by atoms with Crippen LogP contribution in [0.15, 0.2) is 12.1 Å². The molecular weight excluding hydrogens is 285 g/mol. The van der Waals surface area contributed by atoms with Crippen LogP contribution >= 0.6 is 11.6 Å². The first-order chi connectivity index (χ1) is 9.51. The Bertz CT molecular complexity index is 509. The van der Waals surface area contributed by atoms with Gasteiger partial charge < -0.3 is 9.47 Å². The molecule has 0 spiro atoms. The smallest absolute Gasteiger partial charge is 0.411 e. The van der Waals surface area contributed by atoms with Crippen molar-refractivity contribution in [1.29, 1.82) is 0 Å². The number of ether oxygens (including phenoxy) is 2. The number of anilines is 1. The Hall–Kier alpha value is -1.49. The fraction of sp³-hybridized carbons (Fsp3) is 0.500. The number of halogens is 2. The first-order valence-electron chi connectivity index (χ1n) is 6.52. The molecule has 20 heavy (non-hydrogen) atoms. The van der Waals surface area contributed by atoms with Gasteiger partial charge in [-0.1, -0.05) is 18.5 Å². The Labute approximate surface area is 122 Å². The van der Waals surface area contributed by atoms with Crippen LogP contribution in [0.4, 0.5) is 14.9 Å². The van der Waals surface area contributed by atoms with Crippen molar-refractivity contribution >= 4 is 23.4 Å². The summed E-state index contributed by atoms with van der Waals surface area (Å²) in [5.41, 5.74) is -0.0121. The zero-order valence-electron chi connectivity index (χ0n) is 11.4. The van der Waals surface area contributed by atoms with Crippen molar-refractivity contribution in [3.05, 3.63) is 23.0 Å². The summed E-state index contributed by atoms with van der Waals surface area (Å²) in [6.07, 6.45) is 2.50. The van der Waals surface area contributed by atoms with Crippen LogP contribution < -0.4 is 10.1 Å². The van der Waals surface area contributed by atoms with Crippen LogP contribution in [-0.4, -0.2) is 19.3 Å². The van der Waals surface area contributed by atoms with Crippen molar-refractivity contribution in [1.82, 2.24) is 0 Å². The number of methoxy groups -OCH3 is 1. The molecule has 1 fully saturated rings. The van der Waals surface area contributed by atoms with Crippen LogP contribution in [0, 0.1) is 11.7 Å². The molecule has 0 saturated heterocycles. The molecule has 0 aliphatic heterocycles. The minimum atomic E-state index is -0.744. The van der Waals surface area contributed by atoms with E-state index in [9.17, 15) is 9.18 Å². The summed E-state index contributed by atoms with van der Waals surface area (Å²) in [6.45, 7) is 2.11. The monoisotopic (exact) mass is 301 g/mol. The summed E-state index contributed by atoms with van der Waals surface area (Å²) < 4.78 is 24.0. The highest BCUT2D eigenvalue weighted by molar-refractivity contribution is 6.32. The van der Waals surface area contributed by atoms with Gasteiger partial charge in [0.2, 0.25) is 0 Å². The highest BCUT2D eigenvalue weighted by Gasteiger charge is 2.26. The van der Waals surface area contributed by atoms with Gasteiger partial charge in [0.25, 0.3) is 0 Å². The Balaban J connectivity index is 2.19. The molecule has 1 aromatic carbocycles. The summed E-state index contributed by atoms with van der Waals surface area (Å²) in [4.78, 5) is 11.2. The zero-order chi connectivity index (χ0) is 14.7. The lowest BCUT2D eigenvalue weighted by molar-refractivity contribution is 0.167. The molecule has 2 rings (SSSR count). The third-order valence-electron chi connectivity index (χ3n) is 3.50. The van der Waals surface area contributed by atoms with E-state index in [1.54, 1.807) is 0 Å². The second kappa shape index (κ2) is 6.31. The molecule has 2 atom stereocenters. The molecule has 110 valence electrons. The normalized spacial score (nSPS) is 21.6. The van der Waals surface area contributed by atoms with Crippen molar-refractivity contribution in [2.75, 3.05) is 12.4 Å². The van der Waals surface area contributed by atoms with Crippen LogP contribution in [0.2, 0.25) is 5.02 Å². The molecule has 1 aromatic rings. The fourth-order valence-electron chi connectivity index (χ4n) is 2.33. The quantitative estimate of drug-likeness (QED) is 0.909. The molecule has 1 saturated carbocycles. The van der Waals surface area contributed by atoms with E-state index >= 15 is 0 Å². The van der Waals surface area contributed by atoms with Crippen LogP contribution in [0.25, 0.3) is 0 Å². The molecule has 4 nitrogen and oxygen atoms in total. The van der Waals surface area contributed by atoms with E-state index in [4.69, 9.17) is 16.3 Å². The molecule has 1 aliphatic rings. The van der Waals surface area contributed by atoms with E-state index < -0.39 is 11.9 Å². The Morgan fingerprint density at radius 3 is 2.80 bits per heavy atom. The zero-order valence-corrected chi connectivity index (χ0v) is 12.2. The summed E-state index contributed by atoms with van der Waals surface area (Å²) in [7, 11) is 1.21. The van der Waals surface area contributed by atoms with Crippen LogP contribution in [0.1, 0.15) is 26.2 Å². The standard InChI is InChI=1S/C14H17ClFNO3/c1-8-4-3-5-12(8)20-13-7-11(17-14(18)19-2)10(16)6-9(13)15/h6-8,12H,3-5H2,1-2H3,(H,17,18). The third-order valence-corrected chi connectivity index (χ3v) is 3.80. The first kappa shape index (κ1) is 14.9. The highest BCUT2D eigenvalue weighted by Crippen LogP contribution is 2.35. The topological polar surface area (TPSA) is 47.6 Å². The molecule has 2 unspecified atom stereocenters. The summed E-state index contributed by atoms with van der Waals surface area (Å²) in [6, 6.07) is 2.52. The van der Waals surface area contributed by atoms with Gasteiger partial charge in [-0.15, -0.1) is 0 Å². The number of hydrogen-bond donors (Lipinski definition) is 1. The third kappa shape index (κ3) is 3.33. The fourth-order valence-corrected chi connectivity index (χ4v) is 2.52. The Kier molecular flexibility index (Phi) is 4.70. The SMILES string of the molecule is COC(=O)Nc1cc(OC2CCCC2C)c(Cl)cc1F. The Morgan fingerprint density at radius 1 is 1.45 bits per heavy atom. The van der Waals surface area contributed by atoms with Gasteiger partial charge >= 0.3 is 6.09 Å². The van der Waals surface area contributed by atoms with Crippen molar-refractivity contribution in [2.24, 2.45) is 5.92 Å². The molecule has 6 heteroatoms. The van der Waals surface area contributed by atoms with Gasteiger partial charge in [-0.25, -0.2) is 9.18 Å². The lowest BCUT2D eigenvalue weighted by atomic mass is 10.1. The second-order valence-corrected chi connectivity index (χ2v) is 5.35. The predicted octanol–water partition coefficient (Wildman–Crippen LogP) is 4.22. The molecular formula is C14H17ClFNO3. The first-order valence-corrected chi connectivity index (χ1v) is 6.89. The lowest BCUT2D eigenvalue weighted by Crippen LogP contribution is -2.19.